The highest BCUT2D eigenvalue weighted by Crippen LogP contribution is 2.33. The summed E-state index contributed by atoms with van der Waals surface area (Å²) in [5, 5.41) is 1.71. The van der Waals surface area contributed by atoms with E-state index in [2.05, 4.69) is 27.4 Å². The predicted octanol–water partition coefficient (Wildman–Crippen LogP) is 5.13. The van der Waals surface area contributed by atoms with Crippen LogP contribution < -0.4 is 10.2 Å². The van der Waals surface area contributed by atoms with Gasteiger partial charge in [0.1, 0.15) is 5.75 Å². The summed E-state index contributed by atoms with van der Waals surface area (Å²) < 4.78 is 6.29. The van der Waals surface area contributed by atoms with E-state index >= 15 is 0 Å². The van der Waals surface area contributed by atoms with Crippen molar-refractivity contribution in [3.63, 3.8) is 0 Å². The predicted molar refractivity (Wildman–Crippen MR) is 118 cm³/mol. The topological polar surface area (TPSA) is 41.6 Å². The maximum atomic E-state index is 13.2. The summed E-state index contributed by atoms with van der Waals surface area (Å²) in [6, 6.07) is 25.5. The van der Waals surface area contributed by atoms with E-state index in [-0.39, 0.29) is 11.9 Å². The van der Waals surface area contributed by atoms with Gasteiger partial charge in [-0.25, -0.2) is 5.01 Å². The Bertz CT molecular complexity index is 1020. The van der Waals surface area contributed by atoms with Gasteiger partial charge in [0.25, 0.3) is 0 Å². The summed E-state index contributed by atoms with van der Waals surface area (Å²) >= 11 is 3.47. The third-order valence-corrected chi connectivity index (χ3v) is 5.45. The minimum absolute atomic E-state index is 0.0142. The number of nitrogens with one attached hydrogen (secondary N) is 1. The highest BCUT2D eigenvalue weighted by Gasteiger charge is 2.30. The fourth-order valence-corrected chi connectivity index (χ4v) is 3.64. The van der Waals surface area contributed by atoms with Gasteiger partial charge in [-0.3, -0.25) is 10.2 Å². The number of amides is 1. The SMILES string of the molecule is COc1ccc([C@H]2C=C(c3ccc(Br)cc3)NN2C(=O)Cc2ccccc2)cc1. The molecule has 0 fully saturated rings. The molecule has 1 heterocycles. The van der Waals surface area contributed by atoms with Crippen molar-refractivity contribution in [1.82, 2.24) is 10.4 Å². The van der Waals surface area contributed by atoms with Gasteiger partial charge in [0.2, 0.25) is 5.91 Å². The Morgan fingerprint density at radius 2 is 1.69 bits per heavy atom. The number of ether oxygens (including phenoxy) is 1. The first-order valence-electron chi connectivity index (χ1n) is 9.38. The molecule has 1 amide bonds. The number of methoxy groups -OCH3 is 1. The van der Waals surface area contributed by atoms with Crippen LogP contribution in [0.25, 0.3) is 5.70 Å². The van der Waals surface area contributed by atoms with Crippen LogP contribution in [0.3, 0.4) is 0 Å². The van der Waals surface area contributed by atoms with Crippen LogP contribution in [0.15, 0.2) is 89.4 Å². The number of benzene rings is 3. The molecule has 0 aromatic heterocycles. The Morgan fingerprint density at radius 3 is 2.34 bits per heavy atom. The molecule has 4 nitrogen and oxygen atoms in total. The molecule has 0 saturated heterocycles. The first kappa shape index (κ1) is 19.3. The average Bonchev–Trinajstić information content (AvgIpc) is 3.21. The van der Waals surface area contributed by atoms with E-state index in [1.54, 1.807) is 12.1 Å². The lowest BCUT2D eigenvalue weighted by Gasteiger charge is -2.26. The van der Waals surface area contributed by atoms with Gasteiger partial charge in [-0.05, 0) is 47.0 Å². The highest BCUT2D eigenvalue weighted by molar-refractivity contribution is 9.10. The Balaban J connectivity index is 1.64. The van der Waals surface area contributed by atoms with Gasteiger partial charge >= 0.3 is 0 Å². The number of nitrogens with zero attached hydrogens (tertiary/aromatic N) is 1. The second-order valence-electron chi connectivity index (χ2n) is 6.84. The first-order valence-corrected chi connectivity index (χ1v) is 10.2. The normalized spacial score (nSPS) is 15.6. The van der Waals surface area contributed by atoms with Crippen LogP contribution in [-0.4, -0.2) is 18.0 Å². The maximum Gasteiger partial charge on any atom is 0.246 e. The second kappa shape index (κ2) is 8.53. The fraction of sp³-hybridized carbons (Fsp3) is 0.125. The van der Waals surface area contributed by atoms with Gasteiger partial charge in [-0.15, -0.1) is 0 Å². The number of hydrazine groups is 1. The van der Waals surface area contributed by atoms with Crippen molar-refractivity contribution < 1.29 is 9.53 Å². The molecule has 0 aliphatic carbocycles. The van der Waals surface area contributed by atoms with Crippen molar-refractivity contribution in [2.75, 3.05) is 7.11 Å². The van der Waals surface area contributed by atoms with Crippen LogP contribution in [0.5, 0.6) is 5.75 Å². The maximum absolute atomic E-state index is 13.2. The zero-order chi connectivity index (χ0) is 20.2. The van der Waals surface area contributed by atoms with E-state index in [1.165, 1.54) is 0 Å². The van der Waals surface area contributed by atoms with Gasteiger partial charge < -0.3 is 4.74 Å². The van der Waals surface area contributed by atoms with E-state index < -0.39 is 0 Å². The smallest absolute Gasteiger partial charge is 0.246 e. The molecule has 146 valence electrons. The summed E-state index contributed by atoms with van der Waals surface area (Å²) in [4.78, 5) is 13.2. The molecule has 4 rings (SSSR count). The van der Waals surface area contributed by atoms with Crippen molar-refractivity contribution in [2.24, 2.45) is 0 Å². The van der Waals surface area contributed by atoms with Gasteiger partial charge in [0.05, 0.1) is 25.3 Å². The Hall–Kier alpha value is -3.05. The van der Waals surface area contributed by atoms with Crippen LogP contribution >= 0.6 is 15.9 Å². The van der Waals surface area contributed by atoms with Gasteiger partial charge in [0.15, 0.2) is 0 Å². The molecule has 0 spiro atoms. The van der Waals surface area contributed by atoms with Crippen molar-refractivity contribution in [2.45, 2.75) is 12.5 Å². The highest BCUT2D eigenvalue weighted by atomic mass is 79.9. The molecular weight excluding hydrogens is 428 g/mol. The van der Waals surface area contributed by atoms with Gasteiger partial charge in [-0.2, -0.15) is 0 Å². The monoisotopic (exact) mass is 448 g/mol. The molecule has 1 atom stereocenters. The first-order chi connectivity index (χ1) is 14.1. The number of halogens is 1. The molecule has 0 radical (unpaired) electrons. The van der Waals surface area contributed by atoms with E-state index in [1.807, 2.05) is 78.9 Å². The van der Waals surface area contributed by atoms with Crippen LogP contribution in [0.4, 0.5) is 0 Å². The largest absolute Gasteiger partial charge is 0.497 e. The lowest BCUT2D eigenvalue weighted by Crippen LogP contribution is -2.40. The van der Waals surface area contributed by atoms with Crippen LogP contribution in [0, 0.1) is 0 Å². The van der Waals surface area contributed by atoms with Gasteiger partial charge in [0, 0.05) is 4.47 Å². The lowest BCUT2D eigenvalue weighted by atomic mass is 10.0. The Labute approximate surface area is 178 Å². The third kappa shape index (κ3) is 4.35. The number of rotatable bonds is 5. The molecule has 29 heavy (non-hydrogen) atoms. The third-order valence-electron chi connectivity index (χ3n) is 4.92. The molecular formula is C24H21BrN2O2. The standard InChI is InChI=1S/C24H21BrN2O2/c1-29-21-13-9-19(10-14-21)23-16-22(18-7-11-20(25)12-8-18)26-27(23)24(28)15-17-5-3-2-4-6-17/h2-14,16,23,26H,15H2,1H3/t23-/m1/s1. The summed E-state index contributed by atoms with van der Waals surface area (Å²) in [5.41, 5.74) is 7.28. The molecule has 1 N–H and O–H groups in total. The molecule has 3 aromatic rings. The van der Waals surface area contributed by atoms with E-state index in [0.29, 0.717) is 6.42 Å². The van der Waals surface area contributed by atoms with Crippen LogP contribution in [0.2, 0.25) is 0 Å². The summed E-state index contributed by atoms with van der Waals surface area (Å²) in [7, 11) is 1.65. The molecule has 5 heteroatoms. The Kier molecular flexibility index (Phi) is 5.67. The van der Waals surface area contributed by atoms with E-state index in [0.717, 1.165) is 32.6 Å². The summed E-state index contributed by atoms with van der Waals surface area (Å²) in [6.45, 7) is 0. The van der Waals surface area contributed by atoms with E-state index in [4.69, 9.17) is 4.74 Å². The van der Waals surface area contributed by atoms with Crippen LogP contribution in [-0.2, 0) is 11.2 Å². The quantitative estimate of drug-likeness (QED) is 0.588. The molecule has 0 bridgehead atoms. The minimum Gasteiger partial charge on any atom is -0.497 e. The number of carbonyl (C=O) groups is 1. The number of hydrogen-bond acceptors (Lipinski definition) is 3. The van der Waals surface area contributed by atoms with Crippen molar-refractivity contribution in [3.05, 3.63) is 106 Å². The second-order valence-corrected chi connectivity index (χ2v) is 7.76. The van der Waals surface area contributed by atoms with Gasteiger partial charge in [-0.1, -0.05) is 70.5 Å². The van der Waals surface area contributed by atoms with Crippen molar-refractivity contribution in [3.8, 4) is 5.75 Å². The summed E-state index contributed by atoms with van der Waals surface area (Å²) in [5.74, 6) is 0.805. The number of hydrogen-bond donors (Lipinski definition) is 1. The molecule has 0 saturated carbocycles. The van der Waals surface area contributed by atoms with Crippen molar-refractivity contribution >= 4 is 27.5 Å². The summed E-state index contributed by atoms with van der Waals surface area (Å²) in [6.07, 6.45) is 2.43. The zero-order valence-corrected chi connectivity index (χ0v) is 17.6. The average molecular weight is 449 g/mol. The molecule has 3 aromatic carbocycles. The fourth-order valence-electron chi connectivity index (χ4n) is 3.38. The van der Waals surface area contributed by atoms with Crippen molar-refractivity contribution in [1.29, 1.82) is 0 Å². The lowest BCUT2D eigenvalue weighted by molar-refractivity contribution is -0.133. The molecule has 0 unspecified atom stereocenters. The Morgan fingerprint density at radius 1 is 1.00 bits per heavy atom. The van der Waals surface area contributed by atoms with Crippen LogP contribution in [0.1, 0.15) is 22.7 Å². The zero-order valence-electron chi connectivity index (χ0n) is 16.0. The van der Waals surface area contributed by atoms with E-state index in [9.17, 15) is 4.79 Å². The minimum atomic E-state index is -0.198. The molecule has 1 aliphatic heterocycles. The number of carbonyl (C=O) groups excluding carboxylic acids is 1. The molecule has 1 aliphatic rings.